The van der Waals surface area contributed by atoms with E-state index in [9.17, 15) is 24.9 Å². The lowest BCUT2D eigenvalue weighted by atomic mass is 9.73. The first-order valence-electron chi connectivity index (χ1n) is 8.26. The van der Waals surface area contributed by atoms with Gasteiger partial charge in [0.25, 0.3) is 0 Å². The number of ketones is 2. The molecule has 2 aliphatic rings. The van der Waals surface area contributed by atoms with Gasteiger partial charge in [0, 0.05) is 17.9 Å². The summed E-state index contributed by atoms with van der Waals surface area (Å²) in [6, 6.07) is 2.72. The van der Waals surface area contributed by atoms with E-state index in [1.807, 2.05) is 0 Å². The van der Waals surface area contributed by atoms with Crippen molar-refractivity contribution in [2.45, 2.75) is 44.8 Å². The van der Waals surface area contributed by atoms with Gasteiger partial charge in [-0.3, -0.25) is 9.59 Å². The molecule has 0 saturated heterocycles. The number of phenolic OH excluding ortho intramolecular Hbond substituents is 1. The number of aliphatic hydroxyl groups excluding tert-OH is 1. The smallest absolute Gasteiger partial charge is 0.248 e. The van der Waals surface area contributed by atoms with E-state index in [1.165, 1.54) is 26.0 Å². The number of ether oxygens (including phenoxy) is 1. The quantitative estimate of drug-likeness (QED) is 0.671. The number of carbonyl (C=O) groups excluding carboxylic acids is 2. The SMILES string of the molecule is CC(=O)c1cc2c3c(oc2cc1O)[C@@](C)(O)CC[C@]31OC(C)=C(O)C1=O. The third kappa shape index (κ3) is 1.92. The van der Waals surface area contributed by atoms with Crippen molar-refractivity contribution in [3.8, 4) is 5.75 Å². The monoisotopic (exact) mass is 358 g/mol. The maximum Gasteiger partial charge on any atom is 0.248 e. The standard InChI is InChI=1S/C19H18O7/c1-8(20)10-6-11-13(7-12(10)21)25-17-14(11)19(5-4-18(17,3)24)16(23)15(22)9(2)26-19/h6-7,21-22,24H,4-5H2,1-3H3/t18-,19-/m0/s1. The fourth-order valence-corrected chi connectivity index (χ4v) is 3.89. The minimum atomic E-state index is -1.51. The van der Waals surface area contributed by atoms with Crippen molar-refractivity contribution in [1.29, 1.82) is 0 Å². The zero-order valence-electron chi connectivity index (χ0n) is 14.5. The van der Waals surface area contributed by atoms with Crippen molar-refractivity contribution in [3.63, 3.8) is 0 Å². The van der Waals surface area contributed by atoms with E-state index in [4.69, 9.17) is 9.15 Å². The highest BCUT2D eigenvalue weighted by molar-refractivity contribution is 6.07. The molecule has 0 saturated carbocycles. The molecule has 0 radical (unpaired) electrons. The Kier molecular flexibility index (Phi) is 3.13. The molecule has 26 heavy (non-hydrogen) atoms. The molecule has 1 spiro atoms. The lowest BCUT2D eigenvalue weighted by Gasteiger charge is -2.37. The van der Waals surface area contributed by atoms with Gasteiger partial charge in [-0.25, -0.2) is 0 Å². The van der Waals surface area contributed by atoms with Crippen molar-refractivity contribution in [2.75, 3.05) is 0 Å². The number of hydrogen-bond acceptors (Lipinski definition) is 7. The number of allylic oxidation sites excluding steroid dienone is 1. The van der Waals surface area contributed by atoms with Crippen LogP contribution in [0, 0.1) is 0 Å². The summed E-state index contributed by atoms with van der Waals surface area (Å²) in [7, 11) is 0. The summed E-state index contributed by atoms with van der Waals surface area (Å²) in [5.74, 6) is -1.44. The van der Waals surface area contributed by atoms with Gasteiger partial charge in [-0.15, -0.1) is 0 Å². The van der Waals surface area contributed by atoms with Gasteiger partial charge >= 0.3 is 0 Å². The summed E-state index contributed by atoms with van der Waals surface area (Å²) in [5.41, 5.74) is -2.29. The van der Waals surface area contributed by atoms with Crippen LogP contribution in [-0.4, -0.2) is 26.9 Å². The molecular weight excluding hydrogens is 340 g/mol. The number of hydrogen-bond donors (Lipinski definition) is 3. The van der Waals surface area contributed by atoms with Crippen LogP contribution >= 0.6 is 0 Å². The summed E-state index contributed by atoms with van der Waals surface area (Å²) in [5, 5.41) is 31.3. The number of benzene rings is 1. The van der Waals surface area contributed by atoms with Gasteiger partial charge in [-0.05, 0) is 33.3 Å². The maximum atomic E-state index is 12.8. The van der Waals surface area contributed by atoms with Crippen molar-refractivity contribution in [2.24, 2.45) is 0 Å². The van der Waals surface area contributed by atoms with Gasteiger partial charge in [-0.1, -0.05) is 0 Å². The average Bonchev–Trinajstić information content (AvgIpc) is 3.04. The second-order valence-corrected chi connectivity index (χ2v) is 7.16. The van der Waals surface area contributed by atoms with E-state index in [0.717, 1.165) is 0 Å². The average molecular weight is 358 g/mol. The van der Waals surface area contributed by atoms with E-state index in [2.05, 4.69) is 0 Å². The summed E-state index contributed by atoms with van der Waals surface area (Å²) >= 11 is 0. The Morgan fingerprint density at radius 1 is 1.23 bits per heavy atom. The Morgan fingerprint density at radius 2 is 1.92 bits per heavy atom. The summed E-state index contributed by atoms with van der Waals surface area (Å²) in [6.45, 7) is 4.37. The molecule has 2 heterocycles. The number of carbonyl (C=O) groups is 2. The molecule has 4 rings (SSSR count). The number of furan rings is 1. The molecule has 0 fully saturated rings. The van der Waals surface area contributed by atoms with E-state index in [1.54, 1.807) is 6.92 Å². The minimum absolute atomic E-state index is 0.0702. The van der Waals surface area contributed by atoms with E-state index < -0.39 is 22.7 Å². The first kappa shape index (κ1) is 16.7. The van der Waals surface area contributed by atoms with Gasteiger partial charge in [-0.2, -0.15) is 0 Å². The fraction of sp³-hybridized carbons (Fsp3) is 0.368. The Hall–Kier alpha value is -2.80. The van der Waals surface area contributed by atoms with Gasteiger partial charge in [0.2, 0.25) is 17.1 Å². The molecule has 7 heteroatoms. The fourth-order valence-electron chi connectivity index (χ4n) is 3.89. The zero-order chi connectivity index (χ0) is 19.0. The minimum Gasteiger partial charge on any atom is -0.507 e. The molecule has 1 aliphatic heterocycles. The molecule has 1 aromatic heterocycles. The van der Waals surface area contributed by atoms with E-state index in [0.29, 0.717) is 10.9 Å². The number of fused-ring (bicyclic) bond motifs is 4. The van der Waals surface area contributed by atoms with Crippen LogP contribution in [0.15, 0.2) is 28.1 Å². The second-order valence-electron chi connectivity index (χ2n) is 7.16. The summed E-state index contributed by atoms with van der Waals surface area (Å²) < 4.78 is 11.6. The first-order valence-corrected chi connectivity index (χ1v) is 8.26. The van der Waals surface area contributed by atoms with Crippen LogP contribution in [0.4, 0.5) is 0 Å². The highest BCUT2D eigenvalue weighted by atomic mass is 16.5. The second kappa shape index (κ2) is 4.88. The third-order valence-electron chi connectivity index (χ3n) is 5.29. The van der Waals surface area contributed by atoms with Gasteiger partial charge in [0.15, 0.2) is 5.78 Å². The molecule has 1 aliphatic carbocycles. The van der Waals surface area contributed by atoms with Crippen LogP contribution in [0.2, 0.25) is 0 Å². The van der Waals surface area contributed by atoms with Crippen LogP contribution in [-0.2, 0) is 20.7 Å². The molecule has 0 bridgehead atoms. The molecule has 7 nitrogen and oxygen atoms in total. The number of aliphatic hydroxyl groups is 2. The Balaban J connectivity index is 2.09. The van der Waals surface area contributed by atoms with Crippen LogP contribution in [0.1, 0.15) is 55.3 Å². The van der Waals surface area contributed by atoms with Gasteiger partial charge < -0.3 is 24.5 Å². The van der Waals surface area contributed by atoms with Crippen molar-refractivity contribution in [3.05, 3.63) is 40.5 Å². The number of Topliss-reactive ketones (excluding diaryl/α,β-unsaturated/α-hetero) is 2. The predicted octanol–water partition coefficient (Wildman–Crippen LogP) is 2.93. The maximum absolute atomic E-state index is 12.8. The van der Waals surface area contributed by atoms with Gasteiger partial charge in [0.1, 0.15) is 28.5 Å². The Labute approximate surface area is 148 Å². The van der Waals surface area contributed by atoms with Crippen LogP contribution in [0.5, 0.6) is 5.75 Å². The zero-order valence-corrected chi connectivity index (χ0v) is 14.5. The predicted molar refractivity (Wildman–Crippen MR) is 89.8 cm³/mol. The van der Waals surface area contributed by atoms with Gasteiger partial charge in [0.05, 0.1) is 11.1 Å². The third-order valence-corrected chi connectivity index (χ3v) is 5.29. The Bertz CT molecular complexity index is 1020. The van der Waals surface area contributed by atoms with Crippen molar-refractivity contribution >= 4 is 22.5 Å². The number of aromatic hydroxyl groups is 1. The molecule has 2 aromatic rings. The van der Waals surface area contributed by atoms with Crippen LogP contribution in [0.25, 0.3) is 11.0 Å². The highest BCUT2D eigenvalue weighted by Gasteiger charge is 2.58. The van der Waals surface area contributed by atoms with E-state index in [-0.39, 0.29) is 47.0 Å². The molecular formula is C19H18O7. The Morgan fingerprint density at radius 3 is 2.50 bits per heavy atom. The largest absolute Gasteiger partial charge is 0.507 e. The number of rotatable bonds is 1. The summed E-state index contributed by atoms with van der Waals surface area (Å²) in [4.78, 5) is 24.6. The molecule has 0 unspecified atom stereocenters. The van der Waals surface area contributed by atoms with Crippen molar-refractivity contribution in [1.82, 2.24) is 0 Å². The molecule has 136 valence electrons. The molecule has 2 atom stereocenters. The lowest BCUT2D eigenvalue weighted by Crippen LogP contribution is -2.43. The highest BCUT2D eigenvalue weighted by Crippen LogP contribution is 2.54. The van der Waals surface area contributed by atoms with E-state index >= 15 is 0 Å². The lowest BCUT2D eigenvalue weighted by molar-refractivity contribution is -0.138. The molecule has 3 N–H and O–H groups in total. The van der Waals surface area contributed by atoms with Crippen molar-refractivity contribution < 1.29 is 34.1 Å². The van der Waals surface area contributed by atoms with Crippen LogP contribution in [0.3, 0.4) is 0 Å². The topological polar surface area (TPSA) is 117 Å². The first-order chi connectivity index (χ1) is 12.1. The molecule has 0 amide bonds. The normalized spacial score (nSPS) is 27.9. The summed E-state index contributed by atoms with van der Waals surface area (Å²) in [6.07, 6.45) is 0.315. The van der Waals surface area contributed by atoms with Crippen LogP contribution < -0.4 is 0 Å². The number of phenols is 1. The molecule has 1 aromatic carbocycles.